The van der Waals surface area contributed by atoms with Crippen molar-refractivity contribution < 1.29 is 4.79 Å². The Balaban J connectivity index is 1.55. The lowest BCUT2D eigenvalue weighted by atomic mass is 9.49. The van der Waals surface area contributed by atoms with Gasteiger partial charge in [0.25, 0.3) is 5.91 Å². The molecule has 4 aliphatic rings. The second-order valence-electron chi connectivity index (χ2n) is 9.01. The molecule has 0 radical (unpaired) electrons. The molecule has 1 aromatic heterocycles. The number of thiazole rings is 1. The van der Waals surface area contributed by atoms with Crippen LogP contribution in [0.1, 0.15) is 50.3 Å². The first kappa shape index (κ1) is 17.4. The van der Waals surface area contributed by atoms with Crippen LogP contribution in [0.2, 0.25) is 0 Å². The highest BCUT2D eigenvalue weighted by Gasteiger charge is 2.54. The number of aromatic nitrogens is 1. The summed E-state index contributed by atoms with van der Waals surface area (Å²) in [4.78, 5) is 20.3. The minimum atomic E-state index is -0.148. The smallest absolute Gasteiger partial charge is 0.254 e. The van der Waals surface area contributed by atoms with E-state index in [0.717, 1.165) is 48.4 Å². The molecule has 4 heteroatoms. The maximum atomic E-state index is 13.4. The van der Waals surface area contributed by atoms with Crippen LogP contribution in [-0.4, -0.2) is 10.5 Å². The van der Waals surface area contributed by atoms with Gasteiger partial charge in [-0.05, 0) is 75.7 Å². The van der Waals surface area contributed by atoms with E-state index in [9.17, 15) is 4.79 Å². The quantitative estimate of drug-likeness (QED) is 0.722. The van der Waals surface area contributed by atoms with E-state index in [-0.39, 0.29) is 11.3 Å². The maximum absolute atomic E-state index is 13.4. The molecule has 2 aromatic rings. The van der Waals surface area contributed by atoms with Gasteiger partial charge in [0.15, 0.2) is 4.80 Å². The van der Waals surface area contributed by atoms with Gasteiger partial charge in [0, 0.05) is 11.4 Å². The molecule has 0 saturated heterocycles. The second kappa shape index (κ2) is 6.44. The molecular formula is C23H28N2OS. The Kier molecular flexibility index (Phi) is 4.15. The van der Waals surface area contributed by atoms with Crippen LogP contribution in [0.3, 0.4) is 0 Å². The van der Waals surface area contributed by atoms with Crippen LogP contribution in [-0.2, 0) is 11.3 Å². The molecule has 4 aliphatic carbocycles. The molecule has 1 aromatic carbocycles. The summed E-state index contributed by atoms with van der Waals surface area (Å²) in [5.74, 6) is 2.50. The Morgan fingerprint density at radius 2 is 1.70 bits per heavy atom. The standard InChI is InChI=1S/C23H28N2OS/c1-3-25-20(19-7-5-4-6-8-19)15(2)27-22(25)24-21(26)23-12-16-9-17(13-23)11-18(10-16)14-23/h4-8,16-18H,3,9-14H2,1-2H3. The average Bonchev–Trinajstić information content (AvgIpc) is 2.96. The van der Waals surface area contributed by atoms with Crippen LogP contribution in [0.25, 0.3) is 11.3 Å². The molecule has 3 nitrogen and oxygen atoms in total. The van der Waals surface area contributed by atoms with Gasteiger partial charge in [-0.1, -0.05) is 30.3 Å². The summed E-state index contributed by atoms with van der Waals surface area (Å²) in [5.41, 5.74) is 2.27. The van der Waals surface area contributed by atoms with Crippen LogP contribution in [0.4, 0.5) is 0 Å². The van der Waals surface area contributed by atoms with Crippen molar-refractivity contribution >= 4 is 17.2 Å². The first-order chi connectivity index (χ1) is 13.1. The monoisotopic (exact) mass is 380 g/mol. The molecule has 27 heavy (non-hydrogen) atoms. The Hall–Kier alpha value is -1.68. The van der Waals surface area contributed by atoms with Gasteiger partial charge >= 0.3 is 0 Å². The summed E-state index contributed by atoms with van der Waals surface area (Å²) in [7, 11) is 0. The van der Waals surface area contributed by atoms with Gasteiger partial charge in [-0.15, -0.1) is 11.3 Å². The highest BCUT2D eigenvalue weighted by molar-refractivity contribution is 7.09. The number of amides is 1. The predicted octanol–water partition coefficient (Wildman–Crippen LogP) is 5.19. The number of hydrogen-bond acceptors (Lipinski definition) is 2. The maximum Gasteiger partial charge on any atom is 0.254 e. The van der Waals surface area contributed by atoms with E-state index in [4.69, 9.17) is 4.99 Å². The van der Waals surface area contributed by atoms with Gasteiger partial charge < -0.3 is 4.57 Å². The van der Waals surface area contributed by atoms with E-state index in [1.54, 1.807) is 11.3 Å². The van der Waals surface area contributed by atoms with E-state index in [1.165, 1.54) is 35.4 Å². The molecule has 0 unspecified atom stereocenters. The van der Waals surface area contributed by atoms with Gasteiger partial charge in [0.2, 0.25) is 0 Å². The largest absolute Gasteiger partial charge is 0.316 e. The summed E-state index contributed by atoms with van der Waals surface area (Å²) >= 11 is 1.67. The minimum Gasteiger partial charge on any atom is -0.316 e. The van der Waals surface area contributed by atoms with Crippen LogP contribution >= 0.6 is 11.3 Å². The van der Waals surface area contributed by atoms with Gasteiger partial charge in [-0.3, -0.25) is 4.79 Å². The fraction of sp³-hybridized carbons (Fsp3) is 0.565. The van der Waals surface area contributed by atoms with E-state index >= 15 is 0 Å². The first-order valence-electron chi connectivity index (χ1n) is 10.4. The van der Waals surface area contributed by atoms with Crippen LogP contribution < -0.4 is 4.80 Å². The predicted molar refractivity (Wildman–Crippen MR) is 109 cm³/mol. The SMILES string of the molecule is CCn1c(-c2ccccc2)c(C)sc1=NC(=O)C12CC3CC(CC(C3)C1)C2. The van der Waals surface area contributed by atoms with E-state index < -0.39 is 0 Å². The number of aryl methyl sites for hydroxylation is 1. The zero-order valence-corrected chi connectivity index (χ0v) is 17.1. The van der Waals surface area contributed by atoms with E-state index in [1.807, 2.05) is 6.07 Å². The lowest BCUT2D eigenvalue weighted by Crippen LogP contribution is -2.49. The Morgan fingerprint density at radius 1 is 1.11 bits per heavy atom. The molecule has 4 fully saturated rings. The number of carbonyl (C=O) groups is 1. The first-order valence-corrected chi connectivity index (χ1v) is 11.2. The summed E-state index contributed by atoms with van der Waals surface area (Å²) < 4.78 is 2.23. The van der Waals surface area contributed by atoms with Crippen molar-refractivity contribution in [1.82, 2.24) is 4.57 Å². The lowest BCUT2D eigenvalue weighted by molar-refractivity contribution is -0.142. The number of rotatable bonds is 3. The van der Waals surface area contributed by atoms with Gasteiger partial charge in [0.05, 0.1) is 11.1 Å². The minimum absolute atomic E-state index is 0.148. The second-order valence-corrected chi connectivity index (χ2v) is 10.2. The van der Waals surface area contributed by atoms with Crippen molar-refractivity contribution in [3.05, 3.63) is 40.0 Å². The molecule has 1 amide bonds. The lowest BCUT2D eigenvalue weighted by Gasteiger charge is -2.55. The number of benzene rings is 1. The molecule has 4 bridgehead atoms. The van der Waals surface area contributed by atoms with Crippen molar-refractivity contribution in [2.24, 2.45) is 28.2 Å². The molecule has 0 N–H and O–H groups in total. The van der Waals surface area contributed by atoms with Crippen LogP contribution in [0, 0.1) is 30.1 Å². The van der Waals surface area contributed by atoms with E-state index in [2.05, 4.69) is 42.7 Å². The fourth-order valence-corrected chi connectivity index (χ4v) is 7.49. The van der Waals surface area contributed by atoms with Gasteiger partial charge in [-0.25, -0.2) is 0 Å². The molecule has 142 valence electrons. The van der Waals surface area contributed by atoms with E-state index in [0.29, 0.717) is 0 Å². The normalized spacial score (nSPS) is 32.2. The third-order valence-corrected chi connectivity index (χ3v) is 8.13. The van der Waals surface area contributed by atoms with Crippen molar-refractivity contribution in [2.45, 2.75) is 58.9 Å². The van der Waals surface area contributed by atoms with Gasteiger partial charge in [-0.2, -0.15) is 4.99 Å². The molecular weight excluding hydrogens is 352 g/mol. The van der Waals surface area contributed by atoms with Crippen LogP contribution in [0.5, 0.6) is 0 Å². The molecule has 0 aliphatic heterocycles. The summed E-state index contributed by atoms with van der Waals surface area (Å²) in [5, 5.41) is 0. The Labute approximate surface area is 165 Å². The topological polar surface area (TPSA) is 34.4 Å². The highest BCUT2D eigenvalue weighted by atomic mass is 32.1. The average molecular weight is 381 g/mol. The zero-order valence-electron chi connectivity index (χ0n) is 16.3. The highest BCUT2D eigenvalue weighted by Crippen LogP contribution is 2.60. The molecule has 4 saturated carbocycles. The third-order valence-electron chi connectivity index (χ3n) is 7.13. The van der Waals surface area contributed by atoms with Crippen molar-refractivity contribution in [2.75, 3.05) is 0 Å². The molecule has 0 spiro atoms. The third kappa shape index (κ3) is 2.84. The Bertz CT molecular complexity index is 902. The summed E-state index contributed by atoms with van der Waals surface area (Å²) in [6, 6.07) is 10.5. The summed E-state index contributed by atoms with van der Waals surface area (Å²) in [6.45, 7) is 5.13. The number of nitrogens with zero attached hydrogens (tertiary/aromatic N) is 2. The zero-order chi connectivity index (χ0) is 18.6. The van der Waals surface area contributed by atoms with Crippen molar-refractivity contribution in [1.29, 1.82) is 0 Å². The van der Waals surface area contributed by atoms with Gasteiger partial charge in [0.1, 0.15) is 0 Å². The fourth-order valence-electron chi connectivity index (χ4n) is 6.44. The summed E-state index contributed by atoms with van der Waals surface area (Å²) in [6.07, 6.45) is 7.34. The number of hydrogen-bond donors (Lipinski definition) is 0. The van der Waals surface area contributed by atoms with Crippen molar-refractivity contribution in [3.63, 3.8) is 0 Å². The Morgan fingerprint density at radius 3 is 2.26 bits per heavy atom. The van der Waals surface area contributed by atoms with Crippen LogP contribution in [0.15, 0.2) is 35.3 Å². The molecule has 1 heterocycles. The number of carbonyl (C=O) groups excluding carboxylic acids is 1. The molecule has 6 rings (SSSR count). The van der Waals surface area contributed by atoms with Crippen molar-refractivity contribution in [3.8, 4) is 11.3 Å². The molecule has 0 atom stereocenters.